The second-order valence-electron chi connectivity index (χ2n) is 3.53. The number of hydrogen-bond acceptors (Lipinski definition) is 3. The topological polar surface area (TPSA) is 30.0 Å². The number of rotatable bonds is 2. The number of hydrogen-bond donors (Lipinski definition) is 0. The Balaban J connectivity index is 2.45. The molecule has 0 saturated heterocycles. The predicted molar refractivity (Wildman–Crippen MR) is 61.4 cm³/mol. The molecule has 0 aliphatic rings. The van der Waals surface area contributed by atoms with E-state index in [4.69, 9.17) is 0 Å². The Labute approximate surface area is 96.8 Å². The number of thiazole rings is 1. The van der Waals surface area contributed by atoms with E-state index < -0.39 is 5.82 Å². The van der Waals surface area contributed by atoms with E-state index in [0.717, 1.165) is 10.6 Å². The SMILES string of the molecule is Cc1ncc(C(=O)c2cc(F)ccc2C)s1. The number of aromatic nitrogens is 1. The van der Waals surface area contributed by atoms with E-state index in [2.05, 4.69) is 4.98 Å². The van der Waals surface area contributed by atoms with Crippen LogP contribution in [0.4, 0.5) is 4.39 Å². The molecule has 1 aromatic heterocycles. The molecule has 0 unspecified atom stereocenters. The summed E-state index contributed by atoms with van der Waals surface area (Å²) in [6.45, 7) is 3.63. The summed E-state index contributed by atoms with van der Waals surface area (Å²) in [4.78, 5) is 16.6. The minimum absolute atomic E-state index is 0.164. The first kappa shape index (κ1) is 11.0. The van der Waals surface area contributed by atoms with Crippen molar-refractivity contribution in [1.82, 2.24) is 4.98 Å². The van der Waals surface area contributed by atoms with Gasteiger partial charge in [0.2, 0.25) is 5.78 Å². The van der Waals surface area contributed by atoms with Crippen molar-refractivity contribution >= 4 is 17.1 Å². The van der Waals surface area contributed by atoms with E-state index in [-0.39, 0.29) is 5.78 Å². The van der Waals surface area contributed by atoms with E-state index in [0.29, 0.717) is 10.4 Å². The maximum atomic E-state index is 13.1. The van der Waals surface area contributed by atoms with E-state index in [1.54, 1.807) is 13.0 Å². The molecule has 16 heavy (non-hydrogen) atoms. The first-order valence-electron chi connectivity index (χ1n) is 4.81. The largest absolute Gasteiger partial charge is 0.288 e. The van der Waals surface area contributed by atoms with E-state index >= 15 is 0 Å². The van der Waals surface area contributed by atoms with Crippen LogP contribution in [-0.4, -0.2) is 10.8 Å². The van der Waals surface area contributed by atoms with Crippen LogP contribution in [0, 0.1) is 19.7 Å². The number of carbonyl (C=O) groups is 1. The lowest BCUT2D eigenvalue weighted by molar-refractivity contribution is 0.104. The van der Waals surface area contributed by atoms with Gasteiger partial charge in [-0.15, -0.1) is 11.3 Å². The second-order valence-corrected chi connectivity index (χ2v) is 4.77. The van der Waals surface area contributed by atoms with Crippen molar-refractivity contribution in [1.29, 1.82) is 0 Å². The van der Waals surface area contributed by atoms with Gasteiger partial charge < -0.3 is 0 Å². The average Bonchev–Trinajstić information content (AvgIpc) is 2.67. The Morgan fingerprint density at radius 1 is 1.38 bits per heavy atom. The molecule has 0 aliphatic heterocycles. The minimum Gasteiger partial charge on any atom is -0.288 e. The molecule has 0 aliphatic carbocycles. The van der Waals surface area contributed by atoms with Crippen LogP contribution in [0.25, 0.3) is 0 Å². The molecule has 2 rings (SSSR count). The van der Waals surface area contributed by atoms with Gasteiger partial charge >= 0.3 is 0 Å². The molecular formula is C12H10FNOS. The van der Waals surface area contributed by atoms with E-state index in [1.165, 1.54) is 29.7 Å². The van der Waals surface area contributed by atoms with Crippen LogP contribution in [0.5, 0.6) is 0 Å². The molecule has 4 heteroatoms. The van der Waals surface area contributed by atoms with Gasteiger partial charge in [0.15, 0.2) is 0 Å². The van der Waals surface area contributed by atoms with Gasteiger partial charge in [0, 0.05) is 11.8 Å². The molecule has 0 amide bonds. The van der Waals surface area contributed by atoms with Crippen LogP contribution >= 0.6 is 11.3 Å². The Kier molecular flexibility index (Phi) is 2.83. The van der Waals surface area contributed by atoms with Crippen molar-refractivity contribution in [3.05, 3.63) is 51.2 Å². The number of carbonyl (C=O) groups excluding carboxylic acids is 1. The molecule has 2 nitrogen and oxygen atoms in total. The molecule has 1 aromatic carbocycles. The van der Waals surface area contributed by atoms with Gasteiger partial charge in [-0.2, -0.15) is 0 Å². The highest BCUT2D eigenvalue weighted by molar-refractivity contribution is 7.13. The number of benzene rings is 1. The van der Waals surface area contributed by atoms with Crippen LogP contribution in [0.1, 0.15) is 25.8 Å². The number of aryl methyl sites for hydroxylation is 2. The van der Waals surface area contributed by atoms with Crippen LogP contribution in [-0.2, 0) is 0 Å². The monoisotopic (exact) mass is 235 g/mol. The van der Waals surface area contributed by atoms with Crippen LogP contribution in [0.3, 0.4) is 0 Å². The second kappa shape index (κ2) is 4.14. The third-order valence-corrected chi connectivity index (χ3v) is 3.20. The highest BCUT2D eigenvalue weighted by Crippen LogP contribution is 2.19. The molecule has 0 bridgehead atoms. The Bertz CT molecular complexity index is 548. The molecule has 0 atom stereocenters. The summed E-state index contributed by atoms with van der Waals surface area (Å²) in [5.41, 5.74) is 1.18. The van der Waals surface area contributed by atoms with Gasteiger partial charge in [0.1, 0.15) is 5.82 Å². The smallest absolute Gasteiger partial charge is 0.204 e. The van der Waals surface area contributed by atoms with E-state index in [9.17, 15) is 9.18 Å². The first-order valence-corrected chi connectivity index (χ1v) is 5.63. The number of ketones is 1. The number of halogens is 1. The maximum Gasteiger partial charge on any atom is 0.204 e. The van der Waals surface area contributed by atoms with Crippen molar-refractivity contribution in [3.63, 3.8) is 0 Å². The molecule has 0 radical (unpaired) electrons. The normalized spacial score (nSPS) is 10.4. The molecule has 0 fully saturated rings. The predicted octanol–water partition coefficient (Wildman–Crippen LogP) is 3.13. The van der Waals surface area contributed by atoms with Crippen molar-refractivity contribution in [2.45, 2.75) is 13.8 Å². The van der Waals surface area contributed by atoms with Gasteiger partial charge in [0.25, 0.3) is 0 Å². The van der Waals surface area contributed by atoms with Gasteiger partial charge in [-0.05, 0) is 31.5 Å². The van der Waals surface area contributed by atoms with Crippen molar-refractivity contribution in [2.24, 2.45) is 0 Å². The lowest BCUT2D eigenvalue weighted by Gasteiger charge is -2.02. The van der Waals surface area contributed by atoms with Gasteiger partial charge in [-0.25, -0.2) is 9.37 Å². The molecule has 2 aromatic rings. The fraction of sp³-hybridized carbons (Fsp3) is 0.167. The average molecular weight is 235 g/mol. The van der Waals surface area contributed by atoms with Gasteiger partial charge in [-0.3, -0.25) is 4.79 Å². The fourth-order valence-corrected chi connectivity index (χ4v) is 2.17. The van der Waals surface area contributed by atoms with Crippen LogP contribution in [0.15, 0.2) is 24.4 Å². The van der Waals surface area contributed by atoms with Crippen molar-refractivity contribution < 1.29 is 9.18 Å². The van der Waals surface area contributed by atoms with Crippen LogP contribution in [0.2, 0.25) is 0 Å². The lowest BCUT2D eigenvalue weighted by atomic mass is 10.0. The zero-order valence-electron chi connectivity index (χ0n) is 8.95. The third kappa shape index (κ3) is 2.02. The summed E-state index contributed by atoms with van der Waals surface area (Å²) in [5, 5.41) is 0.831. The lowest BCUT2D eigenvalue weighted by Crippen LogP contribution is -2.02. The summed E-state index contributed by atoms with van der Waals surface area (Å²) in [6, 6.07) is 4.23. The Morgan fingerprint density at radius 3 is 2.75 bits per heavy atom. The van der Waals surface area contributed by atoms with Gasteiger partial charge in [0.05, 0.1) is 9.88 Å². The third-order valence-electron chi connectivity index (χ3n) is 2.29. The first-order chi connectivity index (χ1) is 7.58. The zero-order valence-corrected chi connectivity index (χ0v) is 9.77. The molecule has 0 spiro atoms. The highest BCUT2D eigenvalue weighted by Gasteiger charge is 2.14. The Hall–Kier alpha value is -1.55. The summed E-state index contributed by atoms with van der Waals surface area (Å²) in [5.74, 6) is -0.558. The standard InChI is InChI=1S/C12H10FNOS/c1-7-3-4-9(13)5-10(7)12(15)11-6-14-8(2)16-11/h3-6H,1-2H3. The molecule has 0 saturated carbocycles. The summed E-state index contributed by atoms with van der Waals surface area (Å²) < 4.78 is 13.1. The number of nitrogens with zero attached hydrogens (tertiary/aromatic N) is 1. The molecule has 1 heterocycles. The van der Waals surface area contributed by atoms with Crippen molar-refractivity contribution in [2.75, 3.05) is 0 Å². The molecular weight excluding hydrogens is 225 g/mol. The van der Waals surface area contributed by atoms with E-state index in [1.807, 2.05) is 6.92 Å². The molecule has 0 N–H and O–H groups in total. The zero-order chi connectivity index (χ0) is 11.7. The van der Waals surface area contributed by atoms with Gasteiger partial charge in [-0.1, -0.05) is 6.07 Å². The maximum absolute atomic E-state index is 13.1. The van der Waals surface area contributed by atoms with Crippen LogP contribution < -0.4 is 0 Å². The summed E-state index contributed by atoms with van der Waals surface area (Å²) in [6.07, 6.45) is 1.53. The van der Waals surface area contributed by atoms with Crippen molar-refractivity contribution in [3.8, 4) is 0 Å². The quantitative estimate of drug-likeness (QED) is 0.748. The summed E-state index contributed by atoms with van der Waals surface area (Å²) in [7, 11) is 0. The highest BCUT2D eigenvalue weighted by atomic mass is 32.1. The molecule has 82 valence electrons. The summed E-state index contributed by atoms with van der Waals surface area (Å²) >= 11 is 1.32. The fourth-order valence-electron chi connectivity index (χ4n) is 1.44. The minimum atomic E-state index is -0.393. The Morgan fingerprint density at radius 2 is 2.12 bits per heavy atom.